The molecule has 130 valence electrons. The van der Waals surface area contributed by atoms with Crippen LogP contribution in [0.1, 0.15) is 45.0 Å². The zero-order chi connectivity index (χ0) is 17.1. The van der Waals surface area contributed by atoms with E-state index < -0.39 is 0 Å². The highest BCUT2D eigenvalue weighted by Gasteiger charge is 2.29. The molecule has 0 N–H and O–H groups in total. The molecule has 2 aromatic rings. The molecule has 7 heteroatoms. The third-order valence-corrected chi connectivity index (χ3v) is 5.52. The van der Waals surface area contributed by atoms with Crippen LogP contribution in [0.25, 0.3) is 0 Å². The van der Waals surface area contributed by atoms with Crippen LogP contribution in [0.4, 0.5) is 0 Å². The van der Waals surface area contributed by atoms with Gasteiger partial charge in [-0.05, 0) is 26.7 Å². The number of aryl methyl sites for hydroxylation is 2. The van der Waals surface area contributed by atoms with E-state index in [-0.39, 0.29) is 11.8 Å². The van der Waals surface area contributed by atoms with E-state index in [2.05, 4.69) is 14.5 Å². The molecule has 0 bridgehead atoms. The first-order valence-corrected chi connectivity index (χ1v) is 9.15. The molecule has 0 radical (unpaired) electrons. The summed E-state index contributed by atoms with van der Waals surface area (Å²) in [6.45, 7) is 6.85. The number of ether oxygens (including phenoxy) is 1. The summed E-state index contributed by atoms with van der Waals surface area (Å²) in [6.07, 6.45) is 5.90. The number of piperidine rings is 1. The Labute approximate surface area is 146 Å². The molecule has 6 nitrogen and oxygen atoms in total. The molecule has 0 saturated carbocycles. The molecule has 1 saturated heterocycles. The van der Waals surface area contributed by atoms with Crippen molar-refractivity contribution in [1.29, 1.82) is 0 Å². The van der Waals surface area contributed by atoms with Crippen LogP contribution >= 0.6 is 11.3 Å². The average Bonchev–Trinajstić information content (AvgIpc) is 3.18. The van der Waals surface area contributed by atoms with E-state index in [1.807, 2.05) is 31.1 Å². The summed E-state index contributed by atoms with van der Waals surface area (Å²) in [4.78, 5) is 24.5. The molecule has 3 rings (SSSR count). The van der Waals surface area contributed by atoms with E-state index in [1.54, 1.807) is 7.11 Å². The fourth-order valence-corrected chi connectivity index (χ4v) is 4.19. The van der Waals surface area contributed by atoms with Gasteiger partial charge in [0.25, 0.3) is 5.91 Å². The molecule has 0 aliphatic carbocycles. The minimum atomic E-state index is 0.109. The Morgan fingerprint density at radius 1 is 1.46 bits per heavy atom. The third-order valence-electron chi connectivity index (χ3n) is 4.46. The van der Waals surface area contributed by atoms with Crippen molar-refractivity contribution in [3.63, 3.8) is 0 Å². The van der Waals surface area contributed by atoms with E-state index in [1.165, 1.54) is 11.3 Å². The predicted octanol–water partition coefficient (Wildman–Crippen LogP) is 2.62. The number of carbonyl (C=O) groups is 1. The first-order chi connectivity index (χ1) is 11.6. The fraction of sp³-hybridized carbons (Fsp3) is 0.588. The van der Waals surface area contributed by atoms with Gasteiger partial charge in [0.1, 0.15) is 10.7 Å². The van der Waals surface area contributed by atoms with Crippen LogP contribution in [-0.4, -0.2) is 52.1 Å². The Hall–Kier alpha value is -1.73. The Balaban J connectivity index is 1.74. The van der Waals surface area contributed by atoms with Gasteiger partial charge in [-0.25, -0.2) is 9.97 Å². The van der Waals surface area contributed by atoms with Crippen molar-refractivity contribution in [3.8, 4) is 0 Å². The fourth-order valence-electron chi connectivity index (χ4n) is 3.31. The van der Waals surface area contributed by atoms with Crippen molar-refractivity contribution in [2.24, 2.45) is 0 Å². The number of likely N-dealkylation sites (tertiary alicyclic amines) is 1. The highest BCUT2D eigenvalue weighted by atomic mass is 32.1. The lowest BCUT2D eigenvalue weighted by molar-refractivity contribution is 0.0706. The molecule has 0 spiro atoms. The number of nitrogens with zero attached hydrogens (tertiary/aromatic N) is 4. The van der Waals surface area contributed by atoms with Gasteiger partial charge in [0.15, 0.2) is 0 Å². The maximum Gasteiger partial charge on any atom is 0.265 e. The molecule has 1 amide bonds. The number of imidazole rings is 1. The second-order valence-corrected chi connectivity index (χ2v) is 7.41. The van der Waals surface area contributed by atoms with Gasteiger partial charge in [-0.1, -0.05) is 0 Å². The summed E-state index contributed by atoms with van der Waals surface area (Å²) in [5.41, 5.74) is 0.839. The number of methoxy groups -OCH3 is 1. The zero-order valence-electron chi connectivity index (χ0n) is 14.5. The van der Waals surface area contributed by atoms with Crippen LogP contribution in [0.15, 0.2) is 12.4 Å². The maximum absolute atomic E-state index is 12.9. The molecule has 1 atom stereocenters. The van der Waals surface area contributed by atoms with Crippen LogP contribution in [0.2, 0.25) is 0 Å². The molecule has 1 aliphatic heterocycles. The van der Waals surface area contributed by atoms with Crippen molar-refractivity contribution < 1.29 is 9.53 Å². The van der Waals surface area contributed by atoms with Crippen LogP contribution in [0, 0.1) is 13.8 Å². The molecule has 0 aromatic carbocycles. The lowest BCUT2D eigenvalue weighted by atomic mass is 9.97. The third kappa shape index (κ3) is 3.52. The molecular formula is C17H24N4O2S. The molecule has 2 aromatic heterocycles. The van der Waals surface area contributed by atoms with Gasteiger partial charge >= 0.3 is 0 Å². The minimum Gasteiger partial charge on any atom is -0.383 e. The van der Waals surface area contributed by atoms with Crippen LogP contribution in [-0.2, 0) is 11.3 Å². The monoisotopic (exact) mass is 348 g/mol. The number of hydrogen-bond acceptors (Lipinski definition) is 5. The minimum absolute atomic E-state index is 0.109. The van der Waals surface area contributed by atoms with E-state index >= 15 is 0 Å². The largest absolute Gasteiger partial charge is 0.383 e. The maximum atomic E-state index is 12.9. The van der Waals surface area contributed by atoms with Crippen molar-refractivity contribution in [2.45, 2.75) is 39.2 Å². The smallest absolute Gasteiger partial charge is 0.265 e. The van der Waals surface area contributed by atoms with Gasteiger partial charge in [-0.3, -0.25) is 4.79 Å². The summed E-state index contributed by atoms with van der Waals surface area (Å²) >= 11 is 1.49. The zero-order valence-corrected chi connectivity index (χ0v) is 15.3. The average molecular weight is 348 g/mol. The molecule has 0 unspecified atom stereocenters. The molecular weight excluding hydrogens is 324 g/mol. The van der Waals surface area contributed by atoms with Gasteiger partial charge in [0, 0.05) is 45.1 Å². The van der Waals surface area contributed by atoms with E-state index in [0.29, 0.717) is 6.61 Å². The first kappa shape index (κ1) is 17.1. The Kier molecular flexibility index (Phi) is 5.30. The van der Waals surface area contributed by atoms with E-state index in [9.17, 15) is 4.79 Å². The van der Waals surface area contributed by atoms with Crippen LogP contribution < -0.4 is 0 Å². The highest BCUT2D eigenvalue weighted by Crippen LogP contribution is 2.28. The van der Waals surface area contributed by atoms with Gasteiger partial charge < -0.3 is 14.2 Å². The quantitative estimate of drug-likeness (QED) is 0.833. The standard InChI is InChI=1S/C17H24N4O2S/c1-12-15(24-13(2)19-12)17(22)21-7-4-5-14(11-21)16-18-6-8-20(16)9-10-23-3/h6,8,14H,4-5,7,9-11H2,1-3H3/t14-/m0/s1. The lowest BCUT2D eigenvalue weighted by Crippen LogP contribution is -2.39. The van der Waals surface area contributed by atoms with Crippen LogP contribution in [0.5, 0.6) is 0 Å². The number of thiazole rings is 1. The van der Waals surface area contributed by atoms with Crippen molar-refractivity contribution in [3.05, 3.63) is 33.8 Å². The lowest BCUT2D eigenvalue weighted by Gasteiger charge is -2.32. The summed E-state index contributed by atoms with van der Waals surface area (Å²) in [5.74, 6) is 1.45. The van der Waals surface area contributed by atoms with Gasteiger partial charge in [-0.15, -0.1) is 11.3 Å². The van der Waals surface area contributed by atoms with E-state index in [0.717, 1.165) is 53.9 Å². The molecule has 3 heterocycles. The van der Waals surface area contributed by atoms with Crippen molar-refractivity contribution in [1.82, 2.24) is 19.4 Å². The number of carbonyl (C=O) groups excluding carboxylic acids is 1. The van der Waals surface area contributed by atoms with Gasteiger partial charge in [-0.2, -0.15) is 0 Å². The second kappa shape index (κ2) is 7.44. The summed E-state index contributed by atoms with van der Waals surface area (Å²) in [6, 6.07) is 0. The van der Waals surface area contributed by atoms with E-state index in [4.69, 9.17) is 4.74 Å². The van der Waals surface area contributed by atoms with Crippen LogP contribution in [0.3, 0.4) is 0 Å². The predicted molar refractivity (Wildman–Crippen MR) is 93.6 cm³/mol. The topological polar surface area (TPSA) is 60.2 Å². The Morgan fingerprint density at radius 3 is 3.00 bits per heavy atom. The summed E-state index contributed by atoms with van der Waals surface area (Å²) < 4.78 is 7.31. The van der Waals surface area contributed by atoms with Crippen molar-refractivity contribution in [2.75, 3.05) is 26.8 Å². The number of amides is 1. The van der Waals surface area contributed by atoms with Crippen molar-refractivity contribution >= 4 is 17.2 Å². The highest BCUT2D eigenvalue weighted by molar-refractivity contribution is 7.13. The van der Waals surface area contributed by atoms with Gasteiger partial charge in [0.05, 0.1) is 17.3 Å². The summed E-state index contributed by atoms with van der Waals surface area (Å²) in [7, 11) is 1.71. The summed E-state index contributed by atoms with van der Waals surface area (Å²) in [5, 5.41) is 0.944. The first-order valence-electron chi connectivity index (χ1n) is 8.33. The number of aromatic nitrogens is 3. The molecule has 24 heavy (non-hydrogen) atoms. The number of rotatable bonds is 5. The Bertz CT molecular complexity index is 709. The second-order valence-electron chi connectivity index (χ2n) is 6.21. The normalized spacial score (nSPS) is 18.1. The number of hydrogen-bond donors (Lipinski definition) is 0. The SMILES string of the molecule is COCCn1ccnc1[C@H]1CCCN(C(=O)c2sc(C)nc2C)C1. The van der Waals surface area contributed by atoms with Gasteiger partial charge in [0.2, 0.25) is 0 Å². The Morgan fingerprint density at radius 2 is 2.29 bits per heavy atom. The molecule has 1 aliphatic rings. The molecule has 1 fully saturated rings.